The Labute approximate surface area is 155 Å². The van der Waals surface area contributed by atoms with Gasteiger partial charge in [-0.15, -0.1) is 5.23 Å². The van der Waals surface area contributed by atoms with Crippen molar-refractivity contribution in [2.24, 2.45) is 0 Å². The molecule has 1 aliphatic heterocycles. The van der Waals surface area contributed by atoms with Gasteiger partial charge in [0.2, 0.25) is 0 Å². The number of anilines is 1. The molecule has 0 radical (unpaired) electrons. The van der Waals surface area contributed by atoms with E-state index in [4.69, 9.17) is 14.4 Å². The first kappa shape index (κ1) is 19.0. The molecule has 0 bridgehead atoms. The van der Waals surface area contributed by atoms with Gasteiger partial charge in [0.1, 0.15) is 16.8 Å². The van der Waals surface area contributed by atoms with E-state index in [2.05, 4.69) is 17.4 Å². The standard InChI is InChI=1S/C20H30N2O4/c1-18(2,3)24-17(23)21-15-10-13-8-9-16(12-14(13)11-15)22-25-19(4,5)20(6,7)26-22/h8-9,12,15H,10-11H2,1-7H3,(H,21,23). The summed E-state index contributed by atoms with van der Waals surface area (Å²) in [5, 5.41) is 4.47. The Morgan fingerprint density at radius 3 is 2.27 bits per heavy atom. The van der Waals surface area contributed by atoms with Gasteiger partial charge in [0.25, 0.3) is 0 Å². The summed E-state index contributed by atoms with van der Waals surface area (Å²) in [4.78, 5) is 24.0. The molecule has 1 unspecified atom stereocenters. The number of ether oxygens (including phenoxy) is 1. The molecule has 1 aliphatic carbocycles. The van der Waals surface area contributed by atoms with Crippen molar-refractivity contribution in [3.8, 4) is 0 Å². The average Bonchev–Trinajstić information content (AvgIpc) is 2.93. The van der Waals surface area contributed by atoms with E-state index in [1.807, 2.05) is 54.5 Å². The van der Waals surface area contributed by atoms with E-state index in [-0.39, 0.29) is 12.1 Å². The Bertz CT molecular complexity index is 690. The fourth-order valence-electron chi connectivity index (χ4n) is 3.05. The van der Waals surface area contributed by atoms with Gasteiger partial charge in [-0.1, -0.05) is 6.07 Å². The molecular weight excluding hydrogens is 332 g/mol. The SMILES string of the molecule is CC(C)(C)OC(=O)NC1Cc2ccc(N3OC(C)(C)C(C)(C)O3)cc2C1. The van der Waals surface area contributed by atoms with Gasteiger partial charge in [-0.3, -0.25) is 0 Å². The summed E-state index contributed by atoms with van der Waals surface area (Å²) in [6, 6.07) is 6.19. The van der Waals surface area contributed by atoms with Crippen molar-refractivity contribution >= 4 is 11.8 Å². The second kappa shape index (κ2) is 6.13. The normalized spacial score (nSPS) is 23.7. The highest BCUT2D eigenvalue weighted by molar-refractivity contribution is 5.68. The Morgan fingerprint density at radius 1 is 1.12 bits per heavy atom. The maximum absolute atomic E-state index is 12.0. The Hall–Kier alpha value is -1.79. The third-order valence-electron chi connectivity index (χ3n) is 5.13. The highest BCUT2D eigenvalue weighted by Crippen LogP contribution is 2.40. The summed E-state index contributed by atoms with van der Waals surface area (Å²) >= 11 is 0. The van der Waals surface area contributed by atoms with E-state index >= 15 is 0 Å². The van der Waals surface area contributed by atoms with Crippen LogP contribution in [0.25, 0.3) is 0 Å². The molecule has 3 rings (SSSR count). The van der Waals surface area contributed by atoms with Gasteiger partial charge in [-0.05, 0) is 84.6 Å². The number of fused-ring (bicyclic) bond motifs is 1. The maximum atomic E-state index is 12.0. The monoisotopic (exact) mass is 362 g/mol. The fourth-order valence-corrected chi connectivity index (χ4v) is 3.05. The summed E-state index contributed by atoms with van der Waals surface area (Å²) in [7, 11) is 0. The van der Waals surface area contributed by atoms with Crippen LogP contribution in [-0.4, -0.2) is 28.9 Å². The van der Waals surface area contributed by atoms with Gasteiger partial charge in [-0.2, -0.15) is 0 Å². The van der Waals surface area contributed by atoms with E-state index < -0.39 is 16.8 Å². The minimum Gasteiger partial charge on any atom is -0.444 e. The predicted molar refractivity (Wildman–Crippen MR) is 99.8 cm³/mol. The molecular formula is C20H30N2O4. The molecule has 26 heavy (non-hydrogen) atoms. The lowest BCUT2D eigenvalue weighted by Crippen LogP contribution is -2.41. The van der Waals surface area contributed by atoms with Crippen LogP contribution in [0.1, 0.15) is 59.6 Å². The van der Waals surface area contributed by atoms with Gasteiger partial charge in [0.15, 0.2) is 0 Å². The van der Waals surface area contributed by atoms with Crippen molar-refractivity contribution in [1.29, 1.82) is 0 Å². The lowest BCUT2D eigenvalue weighted by Gasteiger charge is -2.26. The third kappa shape index (κ3) is 3.81. The summed E-state index contributed by atoms with van der Waals surface area (Å²) in [6.07, 6.45) is 1.20. The quantitative estimate of drug-likeness (QED) is 0.864. The number of carbonyl (C=O) groups is 1. The van der Waals surface area contributed by atoms with Gasteiger partial charge in [-0.25, -0.2) is 14.5 Å². The van der Waals surface area contributed by atoms with Crippen LogP contribution in [0.4, 0.5) is 10.5 Å². The van der Waals surface area contributed by atoms with Gasteiger partial charge in [0.05, 0.1) is 5.69 Å². The molecule has 1 N–H and O–H groups in total. The summed E-state index contributed by atoms with van der Waals surface area (Å²) in [5.74, 6) is 0. The molecule has 144 valence electrons. The van der Waals surface area contributed by atoms with Crippen molar-refractivity contribution in [3.63, 3.8) is 0 Å². The molecule has 1 fully saturated rings. The van der Waals surface area contributed by atoms with E-state index in [1.54, 1.807) is 0 Å². The van der Waals surface area contributed by atoms with Crippen LogP contribution in [0.3, 0.4) is 0 Å². The Kier molecular flexibility index (Phi) is 4.48. The Balaban J connectivity index is 1.67. The summed E-state index contributed by atoms with van der Waals surface area (Å²) in [6.45, 7) is 13.6. The third-order valence-corrected chi connectivity index (χ3v) is 5.13. The molecule has 1 saturated heterocycles. The van der Waals surface area contributed by atoms with E-state index in [9.17, 15) is 4.79 Å². The number of rotatable bonds is 2. The largest absolute Gasteiger partial charge is 0.444 e. The van der Waals surface area contributed by atoms with Crippen molar-refractivity contribution < 1.29 is 19.2 Å². The molecule has 1 aromatic rings. The van der Waals surface area contributed by atoms with E-state index in [1.165, 1.54) is 16.4 Å². The molecule has 0 saturated carbocycles. The molecule has 1 heterocycles. The molecule has 1 atom stereocenters. The number of nitrogens with one attached hydrogen (secondary N) is 1. The first-order chi connectivity index (χ1) is 11.9. The minimum atomic E-state index is -0.493. The lowest BCUT2D eigenvalue weighted by molar-refractivity contribution is -0.0273. The molecule has 6 nitrogen and oxygen atoms in total. The molecule has 6 heteroatoms. The molecule has 2 aliphatic rings. The summed E-state index contributed by atoms with van der Waals surface area (Å²) < 4.78 is 5.35. The zero-order valence-corrected chi connectivity index (χ0v) is 16.8. The van der Waals surface area contributed by atoms with Crippen molar-refractivity contribution in [1.82, 2.24) is 5.32 Å². The van der Waals surface area contributed by atoms with E-state index in [0.717, 1.165) is 18.5 Å². The number of alkyl carbamates (subject to hydrolysis) is 1. The molecule has 1 aromatic carbocycles. The van der Waals surface area contributed by atoms with Crippen LogP contribution in [-0.2, 0) is 27.3 Å². The zero-order chi connectivity index (χ0) is 19.3. The zero-order valence-electron chi connectivity index (χ0n) is 16.8. The van der Waals surface area contributed by atoms with Gasteiger partial charge >= 0.3 is 6.09 Å². The lowest BCUT2D eigenvalue weighted by atomic mass is 9.90. The first-order valence-electron chi connectivity index (χ1n) is 9.16. The van der Waals surface area contributed by atoms with Crippen LogP contribution < -0.4 is 10.5 Å². The van der Waals surface area contributed by atoms with Crippen molar-refractivity contribution in [2.75, 3.05) is 5.23 Å². The Morgan fingerprint density at radius 2 is 1.69 bits per heavy atom. The first-order valence-corrected chi connectivity index (χ1v) is 9.16. The molecule has 1 amide bonds. The number of amides is 1. The number of carbonyl (C=O) groups excluding carboxylic acids is 1. The fraction of sp³-hybridized carbons (Fsp3) is 0.650. The smallest absolute Gasteiger partial charge is 0.407 e. The molecule has 0 spiro atoms. The highest BCUT2D eigenvalue weighted by atomic mass is 17.0. The van der Waals surface area contributed by atoms with Crippen LogP contribution in [0.2, 0.25) is 0 Å². The van der Waals surface area contributed by atoms with Crippen molar-refractivity contribution in [3.05, 3.63) is 29.3 Å². The average molecular weight is 362 g/mol. The van der Waals surface area contributed by atoms with Gasteiger partial charge in [0, 0.05) is 6.04 Å². The second-order valence-electron chi connectivity index (χ2n) is 9.16. The van der Waals surface area contributed by atoms with Crippen LogP contribution in [0, 0.1) is 0 Å². The predicted octanol–water partition coefficient (Wildman–Crippen LogP) is 3.92. The number of nitrogens with zero attached hydrogens (tertiary/aromatic N) is 1. The number of benzene rings is 1. The highest BCUT2D eigenvalue weighted by Gasteiger charge is 2.50. The number of hydrogen-bond acceptors (Lipinski definition) is 5. The second-order valence-corrected chi connectivity index (χ2v) is 9.16. The maximum Gasteiger partial charge on any atom is 0.407 e. The number of hydrogen-bond donors (Lipinski definition) is 1. The van der Waals surface area contributed by atoms with Crippen LogP contribution in [0.15, 0.2) is 18.2 Å². The van der Waals surface area contributed by atoms with Crippen LogP contribution >= 0.6 is 0 Å². The van der Waals surface area contributed by atoms with Crippen molar-refractivity contribution in [2.45, 2.75) is 84.2 Å². The van der Waals surface area contributed by atoms with Crippen LogP contribution in [0.5, 0.6) is 0 Å². The van der Waals surface area contributed by atoms with Gasteiger partial charge < -0.3 is 10.1 Å². The minimum absolute atomic E-state index is 0.0448. The molecule has 0 aromatic heterocycles. The topological polar surface area (TPSA) is 60.0 Å². The van der Waals surface area contributed by atoms with E-state index in [0.29, 0.717) is 0 Å². The summed E-state index contributed by atoms with van der Waals surface area (Å²) in [5.41, 5.74) is 1.94.